The van der Waals surface area contributed by atoms with E-state index in [-0.39, 0.29) is 5.91 Å². The van der Waals surface area contributed by atoms with Crippen LogP contribution in [0.3, 0.4) is 0 Å². The molecular weight excluding hydrogens is 392 g/mol. The zero-order valence-electron chi connectivity index (χ0n) is 19.5. The van der Waals surface area contributed by atoms with Gasteiger partial charge in [-0.3, -0.25) is 4.79 Å². The van der Waals surface area contributed by atoms with E-state index in [1.54, 1.807) is 4.90 Å². The van der Waals surface area contributed by atoms with Crippen LogP contribution in [-0.4, -0.2) is 17.9 Å². The number of hydrogen-bond donors (Lipinski definition) is 1. The number of carbonyl (C=O) groups is 1. The summed E-state index contributed by atoms with van der Waals surface area (Å²) < 4.78 is 0. The molecule has 0 atom stereocenters. The van der Waals surface area contributed by atoms with Crippen LogP contribution < -0.4 is 5.32 Å². The number of amides is 1. The summed E-state index contributed by atoms with van der Waals surface area (Å²) in [5, 5.41) is 4.01. The first kappa shape index (κ1) is 29.5. The molecule has 164 valence electrons. The lowest BCUT2D eigenvalue weighted by atomic mass is 10.1. The van der Waals surface area contributed by atoms with Crippen molar-refractivity contribution in [3.8, 4) is 12.8 Å². The maximum Gasteiger partial charge on any atom is 0.251 e. The second kappa shape index (κ2) is 18.3. The van der Waals surface area contributed by atoms with Crippen LogP contribution in [0.1, 0.15) is 52.7 Å². The first-order chi connectivity index (χ1) is 14.5. The molecule has 2 aromatic carbocycles. The third-order valence-electron chi connectivity index (χ3n) is 3.94. The van der Waals surface area contributed by atoms with Gasteiger partial charge in [-0.1, -0.05) is 81.8 Å². The molecule has 0 bridgehead atoms. The van der Waals surface area contributed by atoms with E-state index in [0.717, 1.165) is 22.4 Å². The van der Waals surface area contributed by atoms with Crippen molar-refractivity contribution < 1.29 is 4.79 Å². The Bertz CT molecular complexity index is 767. The van der Waals surface area contributed by atoms with Crippen LogP contribution in [0.2, 0.25) is 5.02 Å². The Morgan fingerprint density at radius 1 is 0.933 bits per heavy atom. The number of nitrogens with zero attached hydrogens (tertiary/aromatic N) is 1. The van der Waals surface area contributed by atoms with Crippen LogP contribution in [-0.2, 0) is 17.9 Å². The van der Waals surface area contributed by atoms with E-state index in [0.29, 0.717) is 18.1 Å². The van der Waals surface area contributed by atoms with Gasteiger partial charge in [0.2, 0.25) is 0 Å². The molecule has 4 heteroatoms. The Kier molecular flexibility index (Phi) is 18.0. The number of allylic oxidation sites excluding steroid dienone is 1. The molecule has 0 heterocycles. The normalized spacial score (nSPS) is 9.80. The molecule has 3 nitrogen and oxygen atoms in total. The van der Waals surface area contributed by atoms with Gasteiger partial charge in [0.05, 0.1) is 0 Å². The summed E-state index contributed by atoms with van der Waals surface area (Å²) in [4.78, 5) is 14.3. The highest BCUT2D eigenvalue weighted by Crippen LogP contribution is 2.12. The number of nitrogens with one attached hydrogen (secondary N) is 1. The Morgan fingerprint density at radius 2 is 1.47 bits per heavy atom. The van der Waals surface area contributed by atoms with Crippen molar-refractivity contribution in [2.24, 2.45) is 0 Å². The summed E-state index contributed by atoms with van der Waals surface area (Å²) in [6, 6.07) is 17.7. The third-order valence-corrected chi connectivity index (χ3v) is 4.17. The highest BCUT2D eigenvalue weighted by Gasteiger charge is 2.13. The van der Waals surface area contributed by atoms with Crippen molar-refractivity contribution in [1.82, 2.24) is 10.2 Å². The topological polar surface area (TPSA) is 32.3 Å². The molecule has 2 rings (SSSR count). The maximum atomic E-state index is 12.6. The van der Waals surface area contributed by atoms with Gasteiger partial charge in [-0.25, -0.2) is 0 Å². The molecule has 0 fully saturated rings. The molecule has 0 aliphatic carbocycles. The summed E-state index contributed by atoms with van der Waals surface area (Å²) in [6.45, 7) is 13.0. The predicted octanol–water partition coefficient (Wildman–Crippen LogP) is 6.68. The summed E-state index contributed by atoms with van der Waals surface area (Å²) in [7, 11) is 1.82. The Hall–Kier alpha value is -2.70. The number of hydrogen-bond acceptors (Lipinski definition) is 2. The van der Waals surface area contributed by atoms with E-state index in [2.05, 4.69) is 18.2 Å². The van der Waals surface area contributed by atoms with Gasteiger partial charge in [0, 0.05) is 36.4 Å². The molecule has 1 amide bonds. The van der Waals surface area contributed by atoms with Gasteiger partial charge >= 0.3 is 0 Å². The minimum absolute atomic E-state index is 0.0231. The lowest BCUT2D eigenvalue weighted by Crippen LogP contribution is -2.29. The molecular formula is C26H37ClN2O. The first-order valence-electron chi connectivity index (χ1n) is 10.3. The van der Waals surface area contributed by atoms with E-state index in [1.807, 2.05) is 103 Å². The summed E-state index contributed by atoms with van der Waals surface area (Å²) in [5.74, 6) is 0.0231. The van der Waals surface area contributed by atoms with Gasteiger partial charge in [0.25, 0.3) is 5.91 Å². The van der Waals surface area contributed by atoms with Crippen molar-refractivity contribution in [2.75, 3.05) is 7.05 Å². The number of halogens is 1. The lowest BCUT2D eigenvalue weighted by Gasteiger charge is -2.19. The van der Waals surface area contributed by atoms with Crippen LogP contribution in [0.4, 0.5) is 0 Å². The Morgan fingerprint density at radius 3 is 2.00 bits per heavy atom. The zero-order chi connectivity index (χ0) is 23.5. The highest BCUT2D eigenvalue weighted by atomic mass is 35.5. The SMILES string of the molecule is C#C.C/C(NCc1cccc(Cl)c1)=C(/C)C(=O)N(C)Cc1ccccc1.CC.CC. The van der Waals surface area contributed by atoms with E-state index in [4.69, 9.17) is 11.6 Å². The fourth-order valence-corrected chi connectivity index (χ4v) is 2.60. The average molecular weight is 429 g/mol. The largest absolute Gasteiger partial charge is 0.384 e. The van der Waals surface area contributed by atoms with Gasteiger partial charge in [-0.15, -0.1) is 12.8 Å². The van der Waals surface area contributed by atoms with Gasteiger partial charge in [0.15, 0.2) is 0 Å². The summed E-state index contributed by atoms with van der Waals surface area (Å²) in [5.41, 5.74) is 3.79. The molecule has 0 aliphatic rings. The number of benzene rings is 2. The minimum Gasteiger partial charge on any atom is -0.384 e. The Balaban J connectivity index is 0. The highest BCUT2D eigenvalue weighted by molar-refractivity contribution is 6.30. The van der Waals surface area contributed by atoms with Crippen LogP contribution >= 0.6 is 11.6 Å². The number of terminal acetylenes is 1. The van der Waals surface area contributed by atoms with E-state index < -0.39 is 0 Å². The van der Waals surface area contributed by atoms with Gasteiger partial charge in [-0.05, 0) is 37.1 Å². The van der Waals surface area contributed by atoms with Gasteiger partial charge < -0.3 is 10.2 Å². The number of likely N-dealkylation sites (N-methyl/N-ethyl adjacent to an activating group) is 1. The van der Waals surface area contributed by atoms with Crippen molar-refractivity contribution >= 4 is 17.5 Å². The number of carbonyl (C=O) groups excluding carboxylic acids is 1. The van der Waals surface area contributed by atoms with Crippen molar-refractivity contribution in [2.45, 2.75) is 54.6 Å². The van der Waals surface area contributed by atoms with Crippen molar-refractivity contribution in [1.29, 1.82) is 0 Å². The van der Waals surface area contributed by atoms with Crippen LogP contribution in [0.5, 0.6) is 0 Å². The molecule has 0 radical (unpaired) electrons. The van der Waals surface area contributed by atoms with E-state index in [1.165, 1.54) is 0 Å². The van der Waals surface area contributed by atoms with E-state index >= 15 is 0 Å². The standard InChI is InChI=1S/C20H23ClN2O.2C2H6.C2H2/c1-15(16(2)22-13-18-10-7-11-19(21)12-18)20(24)23(3)14-17-8-5-4-6-9-17;3*1-2/h4-12,22H,13-14H2,1-3H3;2*1-2H3;1-2H/b16-15+;;;. The van der Waals surface area contributed by atoms with Gasteiger partial charge in [-0.2, -0.15) is 0 Å². The quantitative estimate of drug-likeness (QED) is 0.410. The average Bonchev–Trinajstić information content (AvgIpc) is 2.81. The maximum absolute atomic E-state index is 12.6. The van der Waals surface area contributed by atoms with Crippen LogP contribution in [0.25, 0.3) is 0 Å². The molecule has 0 aliphatic heterocycles. The smallest absolute Gasteiger partial charge is 0.251 e. The predicted molar refractivity (Wildman–Crippen MR) is 132 cm³/mol. The van der Waals surface area contributed by atoms with Crippen LogP contribution in [0, 0.1) is 12.8 Å². The molecule has 0 aromatic heterocycles. The Labute approximate surface area is 189 Å². The summed E-state index contributed by atoms with van der Waals surface area (Å²) in [6.07, 6.45) is 8.00. The van der Waals surface area contributed by atoms with E-state index in [9.17, 15) is 4.79 Å². The van der Waals surface area contributed by atoms with Crippen molar-refractivity contribution in [3.05, 3.63) is 82.0 Å². The zero-order valence-corrected chi connectivity index (χ0v) is 20.3. The van der Waals surface area contributed by atoms with Gasteiger partial charge in [0.1, 0.15) is 0 Å². The lowest BCUT2D eigenvalue weighted by molar-refractivity contribution is -0.126. The second-order valence-electron chi connectivity index (χ2n) is 5.88. The molecule has 30 heavy (non-hydrogen) atoms. The molecule has 0 saturated carbocycles. The first-order valence-corrected chi connectivity index (χ1v) is 10.6. The molecule has 1 N–H and O–H groups in total. The number of rotatable bonds is 6. The fraction of sp³-hybridized carbons (Fsp3) is 0.346. The minimum atomic E-state index is 0.0231. The molecule has 2 aromatic rings. The molecule has 0 saturated heterocycles. The van der Waals surface area contributed by atoms with Crippen LogP contribution in [0.15, 0.2) is 65.9 Å². The van der Waals surface area contributed by atoms with Crippen molar-refractivity contribution in [3.63, 3.8) is 0 Å². The molecule has 0 spiro atoms. The molecule has 0 unspecified atom stereocenters. The second-order valence-corrected chi connectivity index (χ2v) is 6.32. The fourth-order valence-electron chi connectivity index (χ4n) is 2.39. The monoisotopic (exact) mass is 428 g/mol. The summed E-state index contributed by atoms with van der Waals surface area (Å²) >= 11 is 5.99. The third kappa shape index (κ3) is 11.3.